The van der Waals surface area contributed by atoms with E-state index in [2.05, 4.69) is 24.0 Å². The molecule has 0 aromatic heterocycles. The molecule has 0 radical (unpaired) electrons. The largest absolute Gasteiger partial charge is 0.490 e. The Balaban J connectivity index is 1.66. The topological polar surface area (TPSA) is 21.7 Å². The standard InChI is InChI=1S/C23H28F3NO2/c1-3-13-28-22-14-19(23(24,25)26)9-10-21(22)29-20-11-12-27(15-17(20)2)16-18-7-5-4-6-8-18/h4-10,14,17,20H,3,11-13,15-16H2,1-2H3/t17-,20+/m1/s1. The van der Waals surface area contributed by atoms with Gasteiger partial charge < -0.3 is 9.47 Å². The van der Waals surface area contributed by atoms with Crippen molar-refractivity contribution in [2.45, 2.75) is 45.5 Å². The Kier molecular flexibility index (Phi) is 7.06. The number of hydrogen-bond donors (Lipinski definition) is 0. The molecule has 1 fully saturated rings. The highest BCUT2D eigenvalue weighted by Gasteiger charge is 2.33. The fourth-order valence-corrected chi connectivity index (χ4v) is 3.64. The maximum absolute atomic E-state index is 13.1. The molecule has 1 aliphatic rings. The third-order valence-corrected chi connectivity index (χ3v) is 5.17. The molecular weight excluding hydrogens is 379 g/mol. The minimum Gasteiger partial charge on any atom is -0.490 e. The molecule has 2 aromatic carbocycles. The van der Waals surface area contributed by atoms with Crippen molar-refractivity contribution in [1.82, 2.24) is 4.90 Å². The van der Waals surface area contributed by atoms with Crippen LogP contribution >= 0.6 is 0 Å². The number of nitrogens with zero attached hydrogens (tertiary/aromatic N) is 1. The van der Waals surface area contributed by atoms with E-state index < -0.39 is 11.7 Å². The van der Waals surface area contributed by atoms with Crippen LogP contribution < -0.4 is 9.47 Å². The van der Waals surface area contributed by atoms with Crippen molar-refractivity contribution in [1.29, 1.82) is 0 Å². The third-order valence-electron chi connectivity index (χ3n) is 5.17. The second-order valence-corrected chi connectivity index (χ2v) is 7.65. The highest BCUT2D eigenvalue weighted by molar-refractivity contribution is 5.44. The fraction of sp³-hybridized carbons (Fsp3) is 0.478. The Morgan fingerprint density at radius 2 is 1.83 bits per heavy atom. The lowest BCUT2D eigenvalue weighted by Crippen LogP contribution is -2.44. The molecule has 0 amide bonds. The summed E-state index contributed by atoms with van der Waals surface area (Å²) in [5.74, 6) is 0.814. The van der Waals surface area contributed by atoms with E-state index in [0.717, 1.165) is 38.2 Å². The first kappa shape index (κ1) is 21.5. The van der Waals surface area contributed by atoms with Crippen molar-refractivity contribution in [2.24, 2.45) is 5.92 Å². The fourth-order valence-electron chi connectivity index (χ4n) is 3.64. The number of rotatable bonds is 7. The van der Waals surface area contributed by atoms with Crippen molar-refractivity contribution in [3.05, 3.63) is 59.7 Å². The van der Waals surface area contributed by atoms with Crippen LogP contribution in [0.3, 0.4) is 0 Å². The molecule has 158 valence electrons. The van der Waals surface area contributed by atoms with Gasteiger partial charge in [0.25, 0.3) is 0 Å². The first-order valence-electron chi connectivity index (χ1n) is 10.1. The summed E-state index contributed by atoms with van der Waals surface area (Å²) < 4.78 is 50.9. The van der Waals surface area contributed by atoms with Crippen LogP contribution in [0.25, 0.3) is 0 Å². The minimum atomic E-state index is -4.40. The molecule has 1 aliphatic heterocycles. The number of ether oxygens (including phenoxy) is 2. The summed E-state index contributed by atoms with van der Waals surface area (Å²) in [7, 11) is 0. The lowest BCUT2D eigenvalue weighted by Gasteiger charge is -2.37. The second kappa shape index (κ2) is 9.53. The first-order valence-corrected chi connectivity index (χ1v) is 10.1. The molecule has 1 heterocycles. The van der Waals surface area contributed by atoms with Gasteiger partial charge in [0.15, 0.2) is 11.5 Å². The van der Waals surface area contributed by atoms with Gasteiger partial charge in [0.05, 0.1) is 12.2 Å². The number of hydrogen-bond acceptors (Lipinski definition) is 3. The highest BCUT2D eigenvalue weighted by atomic mass is 19.4. The van der Waals surface area contributed by atoms with Crippen LogP contribution in [0.2, 0.25) is 0 Å². The number of piperidine rings is 1. The Morgan fingerprint density at radius 3 is 2.48 bits per heavy atom. The average Bonchev–Trinajstić information content (AvgIpc) is 2.69. The summed E-state index contributed by atoms with van der Waals surface area (Å²) in [5.41, 5.74) is 0.554. The van der Waals surface area contributed by atoms with E-state index in [-0.39, 0.29) is 17.8 Å². The minimum absolute atomic E-state index is 0.0530. The van der Waals surface area contributed by atoms with Gasteiger partial charge in [-0.3, -0.25) is 4.90 Å². The van der Waals surface area contributed by atoms with Gasteiger partial charge in [-0.1, -0.05) is 44.2 Å². The quantitative estimate of drug-likeness (QED) is 0.580. The van der Waals surface area contributed by atoms with E-state index in [4.69, 9.17) is 9.47 Å². The molecule has 0 saturated carbocycles. The van der Waals surface area contributed by atoms with Gasteiger partial charge in [-0.15, -0.1) is 0 Å². The summed E-state index contributed by atoms with van der Waals surface area (Å²) in [6.07, 6.45) is -2.92. The van der Waals surface area contributed by atoms with Crippen LogP contribution in [0, 0.1) is 5.92 Å². The Morgan fingerprint density at radius 1 is 1.07 bits per heavy atom. The normalized spacial score (nSPS) is 20.4. The molecule has 1 saturated heterocycles. The molecule has 2 aromatic rings. The van der Waals surface area contributed by atoms with Crippen LogP contribution in [0.4, 0.5) is 13.2 Å². The number of likely N-dealkylation sites (tertiary alicyclic amines) is 1. The molecule has 0 N–H and O–H groups in total. The van der Waals surface area contributed by atoms with Crippen LogP contribution in [0.1, 0.15) is 37.8 Å². The smallest absolute Gasteiger partial charge is 0.416 e. The Hall–Kier alpha value is -2.21. The Labute approximate surface area is 170 Å². The predicted octanol–water partition coefficient (Wildman–Crippen LogP) is 5.78. The highest BCUT2D eigenvalue weighted by Crippen LogP contribution is 2.38. The first-order chi connectivity index (χ1) is 13.9. The molecule has 3 rings (SSSR count). The summed E-state index contributed by atoms with van der Waals surface area (Å²) >= 11 is 0. The lowest BCUT2D eigenvalue weighted by atomic mass is 9.96. The summed E-state index contributed by atoms with van der Waals surface area (Å²) in [5, 5.41) is 0. The summed E-state index contributed by atoms with van der Waals surface area (Å²) in [4.78, 5) is 2.39. The van der Waals surface area contributed by atoms with Crippen LogP contribution in [-0.2, 0) is 12.7 Å². The van der Waals surface area contributed by atoms with Gasteiger partial charge in [0.1, 0.15) is 6.10 Å². The molecule has 0 aliphatic carbocycles. The van der Waals surface area contributed by atoms with E-state index in [9.17, 15) is 13.2 Å². The molecule has 0 unspecified atom stereocenters. The van der Waals surface area contributed by atoms with Gasteiger partial charge in [0, 0.05) is 25.6 Å². The van der Waals surface area contributed by atoms with Crippen molar-refractivity contribution in [3.63, 3.8) is 0 Å². The van der Waals surface area contributed by atoms with E-state index in [1.165, 1.54) is 11.6 Å². The SMILES string of the molecule is CCCOc1cc(C(F)(F)F)ccc1O[C@H]1CCN(Cc2ccccc2)C[C@H]1C. The van der Waals surface area contributed by atoms with Crippen molar-refractivity contribution >= 4 is 0 Å². The zero-order chi connectivity index (χ0) is 20.9. The molecule has 6 heteroatoms. The van der Waals surface area contributed by atoms with E-state index in [0.29, 0.717) is 18.8 Å². The van der Waals surface area contributed by atoms with Gasteiger partial charge in [-0.25, -0.2) is 0 Å². The summed E-state index contributed by atoms with van der Waals surface area (Å²) in [6, 6.07) is 13.8. The molecule has 0 bridgehead atoms. The van der Waals surface area contributed by atoms with Crippen LogP contribution in [-0.4, -0.2) is 30.7 Å². The maximum atomic E-state index is 13.1. The monoisotopic (exact) mass is 407 g/mol. The molecular formula is C23H28F3NO2. The lowest BCUT2D eigenvalue weighted by molar-refractivity contribution is -0.137. The molecule has 2 atom stereocenters. The third kappa shape index (κ3) is 5.89. The molecule has 0 spiro atoms. The van der Waals surface area contributed by atoms with Crippen molar-refractivity contribution < 1.29 is 22.6 Å². The summed E-state index contributed by atoms with van der Waals surface area (Å²) in [6.45, 7) is 7.05. The number of halogens is 3. The van der Waals surface area contributed by atoms with E-state index in [1.54, 1.807) is 0 Å². The van der Waals surface area contributed by atoms with Gasteiger partial charge >= 0.3 is 6.18 Å². The zero-order valence-electron chi connectivity index (χ0n) is 16.9. The zero-order valence-corrected chi connectivity index (χ0v) is 16.9. The van der Waals surface area contributed by atoms with Crippen molar-refractivity contribution in [3.8, 4) is 11.5 Å². The van der Waals surface area contributed by atoms with Crippen LogP contribution in [0.5, 0.6) is 11.5 Å². The van der Waals surface area contributed by atoms with E-state index in [1.807, 2.05) is 25.1 Å². The number of alkyl halides is 3. The maximum Gasteiger partial charge on any atom is 0.416 e. The van der Waals surface area contributed by atoms with Gasteiger partial charge in [-0.05, 0) is 36.6 Å². The van der Waals surface area contributed by atoms with E-state index >= 15 is 0 Å². The van der Waals surface area contributed by atoms with Crippen LogP contribution in [0.15, 0.2) is 48.5 Å². The second-order valence-electron chi connectivity index (χ2n) is 7.65. The van der Waals surface area contributed by atoms with Gasteiger partial charge in [-0.2, -0.15) is 13.2 Å². The van der Waals surface area contributed by atoms with Crippen molar-refractivity contribution in [2.75, 3.05) is 19.7 Å². The average molecular weight is 407 g/mol. The predicted molar refractivity (Wildman–Crippen MR) is 107 cm³/mol. The Bertz CT molecular complexity index is 779. The number of benzene rings is 2. The molecule has 3 nitrogen and oxygen atoms in total. The molecule has 29 heavy (non-hydrogen) atoms. The van der Waals surface area contributed by atoms with Gasteiger partial charge in [0.2, 0.25) is 0 Å².